The van der Waals surface area contributed by atoms with Crippen molar-refractivity contribution in [3.8, 4) is 6.07 Å². The minimum atomic E-state index is 0.640. The lowest BCUT2D eigenvalue weighted by molar-refractivity contribution is 0.00899. The van der Waals surface area contributed by atoms with Crippen molar-refractivity contribution in [3.05, 3.63) is 0 Å². The van der Waals surface area contributed by atoms with Crippen molar-refractivity contribution in [2.45, 2.75) is 110 Å². The molecule has 0 radical (unpaired) electrons. The van der Waals surface area contributed by atoms with Crippen molar-refractivity contribution < 1.29 is 0 Å². The van der Waals surface area contributed by atoms with Gasteiger partial charge in [0, 0.05) is 6.42 Å². The zero-order valence-electron chi connectivity index (χ0n) is 14.9. The Hall–Kier alpha value is -0.510. The van der Waals surface area contributed by atoms with Gasteiger partial charge in [0.05, 0.1) is 6.07 Å². The zero-order valence-corrected chi connectivity index (χ0v) is 14.9. The molecule has 0 aliphatic heterocycles. The van der Waals surface area contributed by atoms with Crippen LogP contribution in [-0.2, 0) is 0 Å². The third kappa shape index (κ3) is 5.00. The number of unbranched alkanes of at least 4 members (excludes halogenated alkanes) is 5. The lowest BCUT2D eigenvalue weighted by atomic mass is 9.55. The van der Waals surface area contributed by atoms with E-state index < -0.39 is 0 Å². The Morgan fingerprint density at radius 2 is 1.68 bits per heavy atom. The monoisotopic (exact) mass is 303 g/mol. The van der Waals surface area contributed by atoms with Gasteiger partial charge in [-0.1, -0.05) is 71.1 Å². The van der Waals surface area contributed by atoms with Gasteiger partial charge in [-0.3, -0.25) is 0 Å². The molecule has 2 fully saturated rings. The minimum absolute atomic E-state index is 0.640. The molecule has 2 aliphatic rings. The summed E-state index contributed by atoms with van der Waals surface area (Å²) in [5.74, 6) is 1.87. The van der Waals surface area contributed by atoms with Crippen molar-refractivity contribution in [2.75, 3.05) is 0 Å². The van der Waals surface area contributed by atoms with E-state index in [-0.39, 0.29) is 0 Å². The van der Waals surface area contributed by atoms with Gasteiger partial charge in [0.25, 0.3) is 0 Å². The second kappa shape index (κ2) is 9.59. The van der Waals surface area contributed by atoms with Gasteiger partial charge in [0.2, 0.25) is 0 Å². The summed E-state index contributed by atoms with van der Waals surface area (Å²) < 4.78 is 0. The lowest BCUT2D eigenvalue weighted by Crippen LogP contribution is -2.39. The van der Waals surface area contributed by atoms with Crippen molar-refractivity contribution in [3.63, 3.8) is 0 Å². The van der Waals surface area contributed by atoms with Crippen LogP contribution in [0.4, 0.5) is 0 Å². The van der Waals surface area contributed by atoms with Crippen molar-refractivity contribution >= 4 is 0 Å². The molecular weight excluding hydrogens is 266 g/mol. The molecule has 2 saturated carbocycles. The number of nitriles is 1. The summed E-state index contributed by atoms with van der Waals surface area (Å²) in [5, 5.41) is 9.05. The molecule has 0 spiro atoms. The second-order valence-electron chi connectivity index (χ2n) is 8.17. The van der Waals surface area contributed by atoms with Crippen LogP contribution in [0.1, 0.15) is 110 Å². The molecule has 22 heavy (non-hydrogen) atoms. The van der Waals surface area contributed by atoms with Crippen LogP contribution < -0.4 is 0 Å². The lowest BCUT2D eigenvalue weighted by Gasteiger charge is -2.50. The summed E-state index contributed by atoms with van der Waals surface area (Å²) in [6.07, 6.45) is 22.1. The summed E-state index contributed by atoms with van der Waals surface area (Å²) in [4.78, 5) is 0. The molecule has 0 saturated heterocycles. The molecule has 1 atom stereocenters. The quantitative estimate of drug-likeness (QED) is 0.398. The maximum absolute atomic E-state index is 9.05. The second-order valence-corrected chi connectivity index (χ2v) is 8.17. The van der Waals surface area contributed by atoms with Crippen LogP contribution in [0.15, 0.2) is 0 Å². The van der Waals surface area contributed by atoms with E-state index >= 15 is 0 Å². The first-order valence-corrected chi connectivity index (χ1v) is 10.2. The summed E-state index contributed by atoms with van der Waals surface area (Å²) >= 11 is 0. The van der Waals surface area contributed by atoms with Crippen LogP contribution in [0.3, 0.4) is 0 Å². The van der Waals surface area contributed by atoms with E-state index in [0.717, 1.165) is 18.3 Å². The van der Waals surface area contributed by atoms with E-state index in [1.807, 2.05) is 0 Å². The zero-order chi connectivity index (χ0) is 15.7. The highest BCUT2D eigenvalue weighted by atomic mass is 14.5. The van der Waals surface area contributed by atoms with Gasteiger partial charge < -0.3 is 0 Å². The highest BCUT2D eigenvalue weighted by Crippen LogP contribution is 2.55. The normalized spacial score (nSPS) is 29.0. The molecule has 2 bridgehead atoms. The third-order valence-corrected chi connectivity index (χ3v) is 6.65. The summed E-state index contributed by atoms with van der Waals surface area (Å²) in [6, 6.07) is 2.43. The van der Waals surface area contributed by atoms with Crippen LogP contribution in [0.2, 0.25) is 0 Å². The van der Waals surface area contributed by atoms with Crippen molar-refractivity contribution in [1.29, 1.82) is 5.26 Å². The van der Waals surface area contributed by atoms with Crippen LogP contribution in [0.25, 0.3) is 0 Å². The fourth-order valence-corrected chi connectivity index (χ4v) is 5.48. The molecule has 0 N–H and O–H groups in total. The first-order valence-electron chi connectivity index (χ1n) is 10.2. The Bertz CT molecular complexity index is 330. The molecule has 2 rings (SSSR count). The Balaban J connectivity index is 1.83. The Kier molecular flexibility index (Phi) is 7.77. The van der Waals surface area contributed by atoms with Crippen molar-refractivity contribution in [1.82, 2.24) is 0 Å². The predicted molar refractivity (Wildman–Crippen MR) is 94.6 cm³/mol. The molecule has 0 aromatic heterocycles. The van der Waals surface area contributed by atoms with Gasteiger partial charge in [-0.05, 0) is 49.4 Å². The Labute approximate surface area is 138 Å². The summed E-state index contributed by atoms with van der Waals surface area (Å²) in [6.45, 7) is 2.29. The average molecular weight is 304 g/mol. The fourth-order valence-electron chi connectivity index (χ4n) is 5.48. The van der Waals surface area contributed by atoms with Crippen LogP contribution in [0, 0.1) is 28.6 Å². The maximum atomic E-state index is 9.05. The minimum Gasteiger partial charge on any atom is -0.198 e. The van der Waals surface area contributed by atoms with Crippen LogP contribution in [0.5, 0.6) is 0 Å². The van der Waals surface area contributed by atoms with Gasteiger partial charge in [-0.15, -0.1) is 0 Å². The Morgan fingerprint density at radius 1 is 1.00 bits per heavy atom. The number of hydrogen-bond acceptors (Lipinski definition) is 1. The number of fused-ring (bicyclic) bond motifs is 2. The molecule has 2 aliphatic carbocycles. The van der Waals surface area contributed by atoms with E-state index in [4.69, 9.17) is 5.26 Å². The highest BCUT2D eigenvalue weighted by Gasteiger charge is 2.43. The number of nitrogens with zero attached hydrogens (tertiary/aromatic N) is 1. The van der Waals surface area contributed by atoms with Gasteiger partial charge in [0.15, 0.2) is 0 Å². The van der Waals surface area contributed by atoms with E-state index in [1.165, 1.54) is 96.3 Å². The smallest absolute Gasteiger partial charge is 0.0621 e. The van der Waals surface area contributed by atoms with Gasteiger partial charge in [0.1, 0.15) is 0 Å². The van der Waals surface area contributed by atoms with Crippen LogP contribution >= 0.6 is 0 Å². The molecule has 1 heteroatoms. The van der Waals surface area contributed by atoms with Gasteiger partial charge in [-0.2, -0.15) is 5.26 Å². The molecule has 0 aromatic carbocycles. The predicted octanol–water partition coefficient (Wildman–Crippen LogP) is 7.02. The first kappa shape index (κ1) is 17.8. The molecule has 0 aromatic rings. The SMILES string of the molecule is CCCCCCCCC(CCC#N)C12CCCC(CCC1)C2. The molecule has 1 nitrogen and oxygen atoms in total. The van der Waals surface area contributed by atoms with E-state index in [0.29, 0.717) is 5.41 Å². The Morgan fingerprint density at radius 3 is 2.36 bits per heavy atom. The standard InChI is InChI=1S/C21H37N/c1-2-3-4-5-6-7-13-20(14-10-17-22)21-15-8-11-19(18-21)12-9-16-21/h19-20H,2-16,18H2,1H3. The van der Waals surface area contributed by atoms with E-state index in [9.17, 15) is 0 Å². The molecule has 126 valence electrons. The summed E-state index contributed by atoms with van der Waals surface area (Å²) in [7, 11) is 0. The fraction of sp³-hybridized carbons (Fsp3) is 0.952. The van der Waals surface area contributed by atoms with E-state index in [1.54, 1.807) is 0 Å². The highest BCUT2D eigenvalue weighted by molar-refractivity contribution is 4.95. The van der Waals surface area contributed by atoms with Gasteiger partial charge >= 0.3 is 0 Å². The summed E-state index contributed by atoms with van der Waals surface area (Å²) in [5.41, 5.74) is 0.640. The molecule has 0 amide bonds. The largest absolute Gasteiger partial charge is 0.198 e. The molecular formula is C21H37N. The maximum Gasteiger partial charge on any atom is 0.0621 e. The number of hydrogen-bond donors (Lipinski definition) is 0. The van der Waals surface area contributed by atoms with Crippen molar-refractivity contribution in [2.24, 2.45) is 17.3 Å². The van der Waals surface area contributed by atoms with Crippen LogP contribution in [-0.4, -0.2) is 0 Å². The molecule has 0 heterocycles. The third-order valence-electron chi connectivity index (χ3n) is 6.65. The average Bonchev–Trinajstić information content (AvgIpc) is 2.53. The van der Waals surface area contributed by atoms with Gasteiger partial charge in [-0.25, -0.2) is 0 Å². The topological polar surface area (TPSA) is 23.8 Å². The van der Waals surface area contributed by atoms with E-state index in [2.05, 4.69) is 13.0 Å². The first-order chi connectivity index (χ1) is 10.8. The molecule has 1 unspecified atom stereocenters. The number of rotatable bonds is 10.